The van der Waals surface area contributed by atoms with Gasteiger partial charge >= 0.3 is 0 Å². The van der Waals surface area contributed by atoms with Crippen LogP contribution >= 0.6 is 0 Å². The van der Waals surface area contributed by atoms with Gasteiger partial charge in [-0.2, -0.15) is 5.10 Å². The molecule has 1 N–H and O–H groups in total. The molecule has 2 aromatic carbocycles. The van der Waals surface area contributed by atoms with Crippen molar-refractivity contribution in [2.24, 2.45) is 0 Å². The van der Waals surface area contributed by atoms with E-state index in [9.17, 15) is 8.42 Å². The van der Waals surface area contributed by atoms with Crippen molar-refractivity contribution in [2.45, 2.75) is 26.8 Å². The maximum absolute atomic E-state index is 11.4. The van der Waals surface area contributed by atoms with E-state index < -0.39 is 9.84 Å². The average molecular weight is 398 g/mol. The number of para-hydroxylation sites is 1. The Morgan fingerprint density at radius 2 is 1.79 bits per heavy atom. The number of rotatable bonds is 8. The molecule has 0 amide bonds. The van der Waals surface area contributed by atoms with Crippen LogP contribution in [-0.2, 0) is 22.8 Å². The third-order valence-corrected chi connectivity index (χ3v) is 5.70. The molecule has 0 bridgehead atoms. The average Bonchev–Trinajstić information content (AvgIpc) is 3.09. The summed E-state index contributed by atoms with van der Waals surface area (Å²) in [6.07, 6.45) is 4.28. The van der Waals surface area contributed by atoms with Gasteiger partial charge in [-0.05, 0) is 30.5 Å². The van der Waals surface area contributed by atoms with Crippen molar-refractivity contribution in [3.05, 3.63) is 71.4 Å². The van der Waals surface area contributed by atoms with Gasteiger partial charge in [0, 0.05) is 36.7 Å². The van der Waals surface area contributed by atoms with Gasteiger partial charge in [0.25, 0.3) is 0 Å². The minimum absolute atomic E-state index is 0.124. The van der Waals surface area contributed by atoms with Crippen molar-refractivity contribution in [1.29, 1.82) is 0 Å². The third kappa shape index (κ3) is 5.09. The third-order valence-electron chi connectivity index (χ3n) is 4.75. The predicted molar refractivity (Wildman–Crippen MR) is 115 cm³/mol. The topological polar surface area (TPSA) is 64.0 Å². The Labute approximate surface area is 167 Å². The molecule has 0 unspecified atom stereocenters. The van der Waals surface area contributed by atoms with Crippen LogP contribution in [0.1, 0.15) is 23.6 Å². The first kappa shape index (κ1) is 20.3. The second-order valence-corrected chi connectivity index (χ2v) is 9.35. The summed E-state index contributed by atoms with van der Waals surface area (Å²) in [5, 5.41) is 8.09. The highest BCUT2D eigenvalue weighted by atomic mass is 32.2. The van der Waals surface area contributed by atoms with E-state index in [4.69, 9.17) is 5.10 Å². The summed E-state index contributed by atoms with van der Waals surface area (Å²) in [7, 11) is -2.98. The van der Waals surface area contributed by atoms with Crippen LogP contribution in [0, 0.1) is 6.92 Å². The van der Waals surface area contributed by atoms with E-state index in [1.54, 1.807) is 0 Å². The molecule has 6 heteroatoms. The molecule has 0 aliphatic heterocycles. The van der Waals surface area contributed by atoms with Crippen molar-refractivity contribution in [2.75, 3.05) is 18.6 Å². The normalized spacial score (nSPS) is 11.7. The lowest BCUT2D eigenvalue weighted by molar-refractivity contribution is 0.596. The summed E-state index contributed by atoms with van der Waals surface area (Å²) >= 11 is 0. The highest BCUT2D eigenvalue weighted by Crippen LogP contribution is 2.25. The van der Waals surface area contributed by atoms with Gasteiger partial charge in [-0.25, -0.2) is 13.1 Å². The fourth-order valence-corrected chi connectivity index (χ4v) is 3.62. The summed E-state index contributed by atoms with van der Waals surface area (Å²) < 4.78 is 24.6. The zero-order valence-electron chi connectivity index (χ0n) is 16.6. The molecule has 1 aromatic heterocycles. The van der Waals surface area contributed by atoms with Crippen molar-refractivity contribution >= 4 is 9.84 Å². The molecule has 3 aromatic rings. The number of hydrogen-bond donors (Lipinski definition) is 1. The van der Waals surface area contributed by atoms with E-state index in [0.717, 1.165) is 34.5 Å². The molecular weight excluding hydrogens is 370 g/mol. The minimum Gasteiger partial charge on any atom is -0.312 e. The number of sulfone groups is 1. The zero-order valence-corrected chi connectivity index (χ0v) is 17.5. The summed E-state index contributed by atoms with van der Waals surface area (Å²) in [5.74, 6) is 0.124. The summed E-state index contributed by atoms with van der Waals surface area (Å²) in [5.41, 5.74) is 6.49. The molecule has 1 heterocycles. The smallest absolute Gasteiger partial charge is 0.148 e. The van der Waals surface area contributed by atoms with Crippen LogP contribution in [0.15, 0.2) is 54.7 Å². The van der Waals surface area contributed by atoms with Gasteiger partial charge in [0.2, 0.25) is 0 Å². The monoisotopic (exact) mass is 397 g/mol. The molecule has 5 nitrogen and oxygen atoms in total. The maximum atomic E-state index is 11.4. The number of hydrogen-bond acceptors (Lipinski definition) is 4. The Bertz CT molecular complexity index is 1040. The molecule has 0 saturated heterocycles. The molecule has 0 aliphatic carbocycles. The molecule has 0 aliphatic rings. The zero-order chi connectivity index (χ0) is 20.1. The van der Waals surface area contributed by atoms with Crippen LogP contribution in [0.2, 0.25) is 0 Å². The van der Waals surface area contributed by atoms with E-state index >= 15 is 0 Å². The van der Waals surface area contributed by atoms with Crippen LogP contribution < -0.4 is 5.32 Å². The van der Waals surface area contributed by atoms with Gasteiger partial charge in [0.1, 0.15) is 9.84 Å². The Balaban J connectivity index is 1.92. The van der Waals surface area contributed by atoms with Crippen molar-refractivity contribution in [3.8, 4) is 16.9 Å². The van der Waals surface area contributed by atoms with Crippen molar-refractivity contribution in [1.82, 2.24) is 15.1 Å². The quantitative estimate of drug-likeness (QED) is 0.591. The Morgan fingerprint density at radius 3 is 2.43 bits per heavy atom. The van der Waals surface area contributed by atoms with Gasteiger partial charge in [-0.1, -0.05) is 49.4 Å². The lowest BCUT2D eigenvalue weighted by Crippen LogP contribution is -2.22. The highest BCUT2D eigenvalue weighted by Gasteiger charge is 2.13. The molecular formula is C22H27N3O2S. The minimum atomic E-state index is -2.98. The molecule has 3 rings (SSSR count). The summed E-state index contributed by atoms with van der Waals surface area (Å²) in [4.78, 5) is 0. The number of nitrogens with zero attached hydrogens (tertiary/aromatic N) is 2. The Morgan fingerprint density at radius 1 is 1.07 bits per heavy atom. The lowest BCUT2D eigenvalue weighted by Gasteiger charge is -2.05. The molecule has 0 fully saturated rings. The van der Waals surface area contributed by atoms with E-state index in [-0.39, 0.29) is 5.75 Å². The molecule has 0 saturated carbocycles. The van der Waals surface area contributed by atoms with Gasteiger partial charge in [-0.3, -0.25) is 0 Å². The maximum Gasteiger partial charge on any atom is 0.148 e. The van der Waals surface area contributed by atoms with Crippen LogP contribution in [0.25, 0.3) is 16.9 Å². The van der Waals surface area contributed by atoms with Crippen molar-refractivity contribution in [3.63, 3.8) is 0 Å². The van der Waals surface area contributed by atoms with Crippen LogP contribution in [-0.4, -0.2) is 36.8 Å². The summed E-state index contributed by atoms with van der Waals surface area (Å²) in [6.45, 7) is 5.19. The molecule has 0 radical (unpaired) electrons. The van der Waals surface area contributed by atoms with Crippen LogP contribution in [0.5, 0.6) is 0 Å². The second-order valence-electron chi connectivity index (χ2n) is 7.09. The fourth-order valence-electron chi connectivity index (χ4n) is 3.10. The van der Waals surface area contributed by atoms with Gasteiger partial charge in [0.15, 0.2) is 0 Å². The number of aromatic nitrogens is 2. The number of aryl methyl sites for hydroxylation is 2. The van der Waals surface area contributed by atoms with Gasteiger partial charge in [0.05, 0.1) is 17.1 Å². The highest BCUT2D eigenvalue weighted by molar-refractivity contribution is 7.90. The predicted octanol–water partition coefficient (Wildman–Crippen LogP) is 3.54. The van der Waals surface area contributed by atoms with Crippen LogP contribution in [0.4, 0.5) is 0 Å². The molecule has 148 valence electrons. The van der Waals surface area contributed by atoms with Crippen LogP contribution in [0.3, 0.4) is 0 Å². The second kappa shape index (κ2) is 8.71. The first-order valence-electron chi connectivity index (χ1n) is 9.49. The van der Waals surface area contributed by atoms with E-state index in [2.05, 4.69) is 49.5 Å². The first-order valence-corrected chi connectivity index (χ1v) is 11.6. The first-order chi connectivity index (χ1) is 13.4. The van der Waals surface area contributed by atoms with E-state index in [0.29, 0.717) is 13.1 Å². The largest absolute Gasteiger partial charge is 0.312 e. The van der Waals surface area contributed by atoms with Crippen molar-refractivity contribution < 1.29 is 8.42 Å². The molecule has 0 spiro atoms. The van der Waals surface area contributed by atoms with E-state index in [1.807, 2.05) is 29.1 Å². The lowest BCUT2D eigenvalue weighted by atomic mass is 10.1. The Hall–Kier alpha value is -2.44. The van der Waals surface area contributed by atoms with E-state index in [1.165, 1.54) is 11.8 Å². The summed E-state index contributed by atoms with van der Waals surface area (Å²) in [6, 6.07) is 16.6. The molecule has 0 atom stereocenters. The fraction of sp³-hybridized carbons (Fsp3) is 0.318. The Kier molecular flexibility index (Phi) is 6.31. The molecule has 28 heavy (non-hydrogen) atoms. The SMILES string of the molecule is CCc1ccc(-c2nn(-c3ccccc3C)cc2CNCCS(C)(=O)=O)cc1. The number of benzene rings is 2. The van der Waals surface area contributed by atoms with Gasteiger partial charge < -0.3 is 5.32 Å². The van der Waals surface area contributed by atoms with Gasteiger partial charge in [-0.15, -0.1) is 0 Å². The number of nitrogens with one attached hydrogen (secondary N) is 1. The standard InChI is InChI=1S/C22H27N3O2S/c1-4-18-9-11-19(12-10-18)22-20(15-23-13-14-28(3,26)27)16-25(24-22)21-8-6-5-7-17(21)2/h5-12,16,23H,4,13-15H2,1-3H3.